The molecule has 6 nitrogen and oxygen atoms in total. The van der Waals surface area contributed by atoms with Crippen molar-refractivity contribution in [2.75, 3.05) is 11.9 Å². The maximum atomic E-state index is 12.2. The van der Waals surface area contributed by atoms with Gasteiger partial charge in [0.2, 0.25) is 5.91 Å². The summed E-state index contributed by atoms with van der Waals surface area (Å²) in [5.74, 6) is -1.09. The summed E-state index contributed by atoms with van der Waals surface area (Å²) in [5.41, 5.74) is 4.68. The van der Waals surface area contributed by atoms with Crippen molar-refractivity contribution in [3.8, 4) is 0 Å². The molecule has 2 N–H and O–H groups in total. The van der Waals surface area contributed by atoms with Crippen LogP contribution >= 0.6 is 0 Å². The van der Waals surface area contributed by atoms with Gasteiger partial charge < -0.3 is 15.4 Å². The van der Waals surface area contributed by atoms with Crippen LogP contribution in [0.25, 0.3) is 6.08 Å². The first kappa shape index (κ1) is 23.9. The van der Waals surface area contributed by atoms with Crippen LogP contribution in [0.4, 0.5) is 5.69 Å². The zero-order chi connectivity index (χ0) is 23.0. The smallest absolute Gasteiger partial charge is 0.331 e. The third-order valence-corrected chi connectivity index (χ3v) is 4.85. The lowest BCUT2D eigenvalue weighted by Gasteiger charge is -2.14. The Kier molecular flexibility index (Phi) is 8.55. The van der Waals surface area contributed by atoms with Gasteiger partial charge in [-0.05, 0) is 55.0 Å². The fraction of sp³-hybridized carbons (Fsp3) is 0.320. The molecule has 0 heterocycles. The molecular formula is C25H30N2O4. The number of hydrogen-bond acceptors (Lipinski definition) is 4. The molecule has 0 aliphatic rings. The predicted octanol–water partition coefficient (Wildman–Crippen LogP) is 4.13. The number of carbonyl (C=O) groups excluding carboxylic acids is 3. The predicted molar refractivity (Wildman–Crippen MR) is 123 cm³/mol. The topological polar surface area (TPSA) is 84.5 Å². The zero-order valence-electron chi connectivity index (χ0n) is 18.7. The Bertz CT molecular complexity index is 942. The molecule has 2 aromatic carbocycles. The van der Waals surface area contributed by atoms with E-state index in [1.165, 1.54) is 18.6 Å². The van der Waals surface area contributed by atoms with Crippen molar-refractivity contribution < 1.29 is 19.1 Å². The van der Waals surface area contributed by atoms with Gasteiger partial charge in [0.05, 0.1) is 6.54 Å². The molecule has 0 fully saturated rings. The minimum Gasteiger partial charge on any atom is -0.449 e. The van der Waals surface area contributed by atoms with Gasteiger partial charge in [0.25, 0.3) is 5.91 Å². The van der Waals surface area contributed by atoms with Crippen molar-refractivity contribution in [2.24, 2.45) is 0 Å². The van der Waals surface area contributed by atoms with Crippen LogP contribution in [-0.4, -0.2) is 30.4 Å². The molecule has 164 valence electrons. The molecule has 0 spiro atoms. The molecule has 0 saturated heterocycles. The van der Waals surface area contributed by atoms with Crippen LogP contribution in [0.15, 0.2) is 48.5 Å². The van der Waals surface area contributed by atoms with Crippen LogP contribution in [0.5, 0.6) is 0 Å². The molecule has 0 bridgehead atoms. The van der Waals surface area contributed by atoms with Gasteiger partial charge >= 0.3 is 5.97 Å². The maximum absolute atomic E-state index is 12.2. The number of carbonyl (C=O) groups is 3. The van der Waals surface area contributed by atoms with Gasteiger partial charge in [-0.15, -0.1) is 0 Å². The van der Waals surface area contributed by atoms with Crippen LogP contribution < -0.4 is 10.6 Å². The number of amides is 2. The molecule has 2 aromatic rings. The summed E-state index contributed by atoms with van der Waals surface area (Å²) in [5, 5.41) is 5.28. The Morgan fingerprint density at radius 1 is 0.968 bits per heavy atom. The van der Waals surface area contributed by atoms with E-state index in [4.69, 9.17) is 4.74 Å². The minimum absolute atomic E-state index is 0.216. The van der Waals surface area contributed by atoms with Crippen LogP contribution in [0.2, 0.25) is 0 Å². The Morgan fingerprint density at radius 3 is 2.16 bits per heavy atom. The van der Waals surface area contributed by atoms with Gasteiger partial charge in [-0.1, -0.05) is 56.3 Å². The molecule has 1 unspecified atom stereocenters. The van der Waals surface area contributed by atoms with Crippen molar-refractivity contribution in [1.29, 1.82) is 0 Å². The minimum atomic E-state index is -1.02. The lowest BCUT2D eigenvalue weighted by Crippen LogP contribution is -2.40. The molecule has 6 heteroatoms. The molecule has 1 atom stereocenters. The van der Waals surface area contributed by atoms with E-state index in [0.717, 1.165) is 22.4 Å². The van der Waals surface area contributed by atoms with Crippen molar-refractivity contribution in [3.05, 3.63) is 70.8 Å². The first-order chi connectivity index (χ1) is 14.7. The molecule has 31 heavy (non-hydrogen) atoms. The summed E-state index contributed by atoms with van der Waals surface area (Å²) in [6.07, 6.45) is 1.89. The standard InChI is InChI=1S/C25H30N2O4/c1-16(2)21-12-9-20(10-13-21)11-14-23(29)31-19(5)25(30)26-15-22(28)27-24-17(3)7-6-8-18(24)4/h6-14,16,19H,15H2,1-5H3,(H,26,30)(H,27,28)/b14-11+. The van der Waals surface area contributed by atoms with E-state index in [-0.39, 0.29) is 12.5 Å². The van der Waals surface area contributed by atoms with Gasteiger partial charge in [0.1, 0.15) is 0 Å². The fourth-order valence-corrected chi connectivity index (χ4v) is 2.93. The first-order valence-corrected chi connectivity index (χ1v) is 10.3. The third kappa shape index (κ3) is 7.41. The van der Waals surface area contributed by atoms with Crippen LogP contribution in [0.3, 0.4) is 0 Å². The number of benzene rings is 2. The number of aryl methyl sites for hydroxylation is 2. The second-order valence-corrected chi connectivity index (χ2v) is 7.77. The summed E-state index contributed by atoms with van der Waals surface area (Å²) in [6.45, 7) is 9.27. The Morgan fingerprint density at radius 2 is 1.58 bits per heavy atom. The van der Waals surface area contributed by atoms with Crippen molar-refractivity contribution in [2.45, 2.75) is 46.6 Å². The summed E-state index contributed by atoms with van der Waals surface area (Å²) in [7, 11) is 0. The first-order valence-electron chi connectivity index (χ1n) is 10.3. The van der Waals surface area contributed by atoms with Gasteiger partial charge in [-0.25, -0.2) is 4.79 Å². The van der Waals surface area contributed by atoms with Crippen LogP contribution in [0, 0.1) is 13.8 Å². The Hall–Kier alpha value is -3.41. The van der Waals surface area contributed by atoms with Gasteiger partial charge in [-0.2, -0.15) is 0 Å². The van der Waals surface area contributed by atoms with Gasteiger partial charge in [0, 0.05) is 11.8 Å². The van der Waals surface area contributed by atoms with Crippen molar-refractivity contribution >= 4 is 29.5 Å². The molecule has 0 aliphatic heterocycles. The Balaban J connectivity index is 1.80. The van der Waals surface area contributed by atoms with Crippen molar-refractivity contribution in [3.63, 3.8) is 0 Å². The summed E-state index contributed by atoms with van der Waals surface area (Å²) < 4.78 is 5.12. The van der Waals surface area contributed by atoms with Crippen molar-refractivity contribution in [1.82, 2.24) is 5.32 Å². The summed E-state index contributed by atoms with van der Waals surface area (Å²) in [6, 6.07) is 13.6. The van der Waals surface area contributed by atoms with E-state index in [1.807, 2.05) is 56.3 Å². The van der Waals surface area contributed by atoms with Gasteiger partial charge in [-0.3, -0.25) is 9.59 Å². The summed E-state index contributed by atoms with van der Waals surface area (Å²) in [4.78, 5) is 36.3. The van der Waals surface area contributed by atoms with E-state index < -0.39 is 18.0 Å². The Labute approximate surface area is 183 Å². The highest BCUT2D eigenvalue weighted by Gasteiger charge is 2.17. The molecule has 0 saturated carbocycles. The monoisotopic (exact) mass is 422 g/mol. The number of anilines is 1. The van der Waals surface area contributed by atoms with E-state index in [1.54, 1.807) is 6.08 Å². The van der Waals surface area contributed by atoms with E-state index >= 15 is 0 Å². The van der Waals surface area contributed by atoms with Crippen LogP contribution in [-0.2, 0) is 19.1 Å². The zero-order valence-corrected chi connectivity index (χ0v) is 18.7. The quantitative estimate of drug-likeness (QED) is 0.495. The number of ether oxygens (including phenoxy) is 1. The molecule has 0 aromatic heterocycles. The highest BCUT2D eigenvalue weighted by atomic mass is 16.5. The van der Waals surface area contributed by atoms with Gasteiger partial charge in [0.15, 0.2) is 6.10 Å². The molecular weight excluding hydrogens is 392 g/mol. The van der Waals surface area contributed by atoms with E-state index in [2.05, 4.69) is 24.5 Å². The number of hydrogen-bond donors (Lipinski definition) is 2. The SMILES string of the molecule is Cc1cccc(C)c1NC(=O)CNC(=O)C(C)OC(=O)/C=C/c1ccc(C(C)C)cc1. The summed E-state index contributed by atoms with van der Waals surface area (Å²) >= 11 is 0. The van der Waals surface area contributed by atoms with E-state index in [0.29, 0.717) is 5.92 Å². The molecule has 0 radical (unpaired) electrons. The number of para-hydroxylation sites is 1. The number of rotatable bonds is 8. The second kappa shape index (κ2) is 11.1. The maximum Gasteiger partial charge on any atom is 0.331 e. The average molecular weight is 423 g/mol. The number of esters is 1. The van der Waals surface area contributed by atoms with E-state index in [9.17, 15) is 14.4 Å². The lowest BCUT2D eigenvalue weighted by molar-refractivity contribution is -0.150. The molecule has 2 amide bonds. The lowest BCUT2D eigenvalue weighted by atomic mass is 10.0. The molecule has 2 rings (SSSR count). The fourth-order valence-electron chi connectivity index (χ4n) is 2.93. The van der Waals surface area contributed by atoms with Crippen LogP contribution in [0.1, 0.15) is 48.9 Å². The molecule has 0 aliphatic carbocycles. The third-order valence-electron chi connectivity index (χ3n) is 4.85. The normalized spacial score (nSPS) is 11.9. The highest BCUT2D eigenvalue weighted by molar-refractivity contribution is 5.96. The second-order valence-electron chi connectivity index (χ2n) is 7.77. The highest BCUT2D eigenvalue weighted by Crippen LogP contribution is 2.19. The number of nitrogens with one attached hydrogen (secondary N) is 2. The average Bonchev–Trinajstić information content (AvgIpc) is 2.73. The largest absolute Gasteiger partial charge is 0.449 e.